The van der Waals surface area contributed by atoms with E-state index in [0.29, 0.717) is 31.7 Å². The van der Waals surface area contributed by atoms with E-state index in [9.17, 15) is 4.57 Å². The number of phosphoric ester groups is 1. The molecular formula is C26H55O4P. The molecule has 0 aromatic rings. The van der Waals surface area contributed by atoms with E-state index in [4.69, 9.17) is 13.6 Å². The second-order valence-electron chi connectivity index (χ2n) is 9.96. The van der Waals surface area contributed by atoms with Gasteiger partial charge in [0.1, 0.15) is 0 Å². The van der Waals surface area contributed by atoms with Crippen LogP contribution in [0, 0.1) is 11.8 Å². The van der Waals surface area contributed by atoms with E-state index in [1.165, 1.54) is 89.9 Å². The molecule has 4 nitrogen and oxygen atoms in total. The van der Waals surface area contributed by atoms with Crippen molar-refractivity contribution < 1.29 is 18.1 Å². The average molecular weight is 463 g/mol. The number of rotatable bonds is 24. The minimum Gasteiger partial charge on any atom is -0.287 e. The molecule has 0 aliphatic rings. The molecule has 0 atom stereocenters. The molecule has 0 aromatic carbocycles. The topological polar surface area (TPSA) is 44.8 Å². The van der Waals surface area contributed by atoms with Crippen LogP contribution in [0.4, 0.5) is 0 Å². The van der Waals surface area contributed by atoms with Crippen LogP contribution in [0.1, 0.15) is 137 Å². The van der Waals surface area contributed by atoms with Crippen LogP contribution in [-0.2, 0) is 18.1 Å². The van der Waals surface area contributed by atoms with Gasteiger partial charge in [-0.3, -0.25) is 13.6 Å². The summed E-state index contributed by atoms with van der Waals surface area (Å²) in [4.78, 5) is 0. The molecule has 0 spiro atoms. The zero-order valence-electron chi connectivity index (χ0n) is 21.7. The van der Waals surface area contributed by atoms with Gasteiger partial charge in [0.15, 0.2) is 0 Å². The summed E-state index contributed by atoms with van der Waals surface area (Å²) >= 11 is 0. The fourth-order valence-corrected chi connectivity index (χ4v) is 4.96. The van der Waals surface area contributed by atoms with E-state index < -0.39 is 7.82 Å². The van der Waals surface area contributed by atoms with E-state index in [2.05, 4.69) is 6.92 Å². The first-order valence-corrected chi connectivity index (χ1v) is 14.9. The van der Waals surface area contributed by atoms with Crippen LogP contribution >= 0.6 is 7.82 Å². The first kappa shape index (κ1) is 31.1. The number of phosphoric acid groups is 1. The minimum atomic E-state index is -3.42. The predicted molar refractivity (Wildman–Crippen MR) is 135 cm³/mol. The average Bonchev–Trinajstić information content (AvgIpc) is 2.73. The summed E-state index contributed by atoms with van der Waals surface area (Å²) in [6.45, 7) is 11.6. The van der Waals surface area contributed by atoms with Gasteiger partial charge in [0.2, 0.25) is 0 Å². The van der Waals surface area contributed by atoms with Gasteiger partial charge in [-0.05, 0) is 18.3 Å². The summed E-state index contributed by atoms with van der Waals surface area (Å²) in [6.07, 6.45) is 21.4. The number of hydrogen-bond acceptors (Lipinski definition) is 4. The highest BCUT2D eigenvalue weighted by molar-refractivity contribution is 7.48. The molecule has 0 amide bonds. The first-order valence-electron chi connectivity index (χ1n) is 13.4. The van der Waals surface area contributed by atoms with Gasteiger partial charge in [-0.2, -0.15) is 0 Å². The van der Waals surface area contributed by atoms with Crippen molar-refractivity contribution in [2.75, 3.05) is 19.8 Å². The fraction of sp³-hybridized carbons (Fsp3) is 1.00. The molecule has 0 aliphatic heterocycles. The van der Waals surface area contributed by atoms with Crippen molar-refractivity contribution in [3.8, 4) is 0 Å². The van der Waals surface area contributed by atoms with Crippen molar-refractivity contribution in [1.82, 2.24) is 0 Å². The van der Waals surface area contributed by atoms with Crippen molar-refractivity contribution in [3.05, 3.63) is 0 Å². The maximum absolute atomic E-state index is 12.7. The molecule has 0 bridgehead atoms. The van der Waals surface area contributed by atoms with E-state index in [1.807, 2.05) is 27.7 Å². The van der Waals surface area contributed by atoms with Crippen LogP contribution in [0.15, 0.2) is 0 Å². The molecule has 0 radical (unpaired) electrons. The molecule has 0 aromatic heterocycles. The molecule has 0 fully saturated rings. The van der Waals surface area contributed by atoms with Crippen molar-refractivity contribution in [2.45, 2.75) is 137 Å². The lowest BCUT2D eigenvalue weighted by atomic mass is 10.0. The summed E-state index contributed by atoms with van der Waals surface area (Å²) in [7, 11) is -3.42. The lowest BCUT2D eigenvalue weighted by Crippen LogP contribution is -2.09. The van der Waals surface area contributed by atoms with Gasteiger partial charge in [-0.1, -0.05) is 131 Å². The Morgan fingerprint density at radius 3 is 1.16 bits per heavy atom. The molecule has 31 heavy (non-hydrogen) atoms. The Kier molecular flexibility index (Phi) is 22.0. The molecule has 5 heteroatoms. The van der Waals surface area contributed by atoms with Crippen LogP contribution in [-0.4, -0.2) is 19.8 Å². The highest BCUT2D eigenvalue weighted by atomic mass is 31.2. The van der Waals surface area contributed by atoms with Gasteiger partial charge >= 0.3 is 7.82 Å². The number of unbranched alkanes of at least 4 members (excludes halogenated alkanes) is 15. The molecule has 0 heterocycles. The Bertz CT molecular complexity index is 396. The van der Waals surface area contributed by atoms with Crippen LogP contribution in [0.5, 0.6) is 0 Å². The second-order valence-corrected chi connectivity index (χ2v) is 11.6. The van der Waals surface area contributed by atoms with E-state index in [0.717, 1.165) is 12.8 Å². The van der Waals surface area contributed by atoms with Crippen molar-refractivity contribution in [3.63, 3.8) is 0 Å². The lowest BCUT2D eigenvalue weighted by Gasteiger charge is -2.20. The maximum atomic E-state index is 12.7. The molecule has 0 saturated heterocycles. The number of hydrogen-bond donors (Lipinski definition) is 0. The SMILES string of the molecule is CCCCCCCCCCCCCCCCCCOP(=O)(OCC(C)C)OCC(C)C. The standard InChI is InChI=1S/C26H55O4P/c1-6-7-8-9-10-11-12-13-14-15-16-17-18-19-20-21-22-28-31(27,29-23-25(2)3)30-24-26(4)5/h25-26H,6-24H2,1-5H3. The Labute approximate surface area is 195 Å². The van der Waals surface area contributed by atoms with Gasteiger partial charge in [0, 0.05) is 0 Å². The van der Waals surface area contributed by atoms with Gasteiger partial charge < -0.3 is 0 Å². The highest BCUT2D eigenvalue weighted by Crippen LogP contribution is 2.50. The monoisotopic (exact) mass is 462 g/mol. The molecule has 0 N–H and O–H groups in total. The third-order valence-electron chi connectivity index (χ3n) is 5.38. The Morgan fingerprint density at radius 2 is 0.839 bits per heavy atom. The predicted octanol–water partition coefficient (Wildman–Crippen LogP) is 9.72. The summed E-state index contributed by atoms with van der Waals surface area (Å²) in [6, 6.07) is 0. The molecular weight excluding hydrogens is 407 g/mol. The summed E-state index contributed by atoms with van der Waals surface area (Å²) in [5.41, 5.74) is 0. The third kappa shape index (κ3) is 23.1. The highest BCUT2D eigenvalue weighted by Gasteiger charge is 2.27. The summed E-state index contributed by atoms with van der Waals surface area (Å²) < 4.78 is 29.2. The van der Waals surface area contributed by atoms with Crippen molar-refractivity contribution >= 4 is 7.82 Å². The largest absolute Gasteiger partial charge is 0.474 e. The van der Waals surface area contributed by atoms with Gasteiger partial charge in [0.05, 0.1) is 19.8 Å². The first-order chi connectivity index (χ1) is 14.9. The minimum absolute atomic E-state index is 0.301. The van der Waals surface area contributed by atoms with Gasteiger partial charge in [-0.25, -0.2) is 4.57 Å². The lowest BCUT2D eigenvalue weighted by molar-refractivity contribution is 0.0944. The molecule has 0 aliphatic carbocycles. The Balaban J connectivity index is 3.54. The van der Waals surface area contributed by atoms with Crippen molar-refractivity contribution in [2.24, 2.45) is 11.8 Å². The van der Waals surface area contributed by atoms with Crippen LogP contribution in [0.25, 0.3) is 0 Å². The smallest absolute Gasteiger partial charge is 0.287 e. The van der Waals surface area contributed by atoms with Crippen LogP contribution < -0.4 is 0 Å². The summed E-state index contributed by atoms with van der Waals surface area (Å²) in [5, 5.41) is 0. The zero-order valence-corrected chi connectivity index (χ0v) is 22.6. The Morgan fingerprint density at radius 1 is 0.516 bits per heavy atom. The normalized spacial score (nSPS) is 12.4. The van der Waals surface area contributed by atoms with E-state index in [1.54, 1.807) is 0 Å². The molecule has 0 unspecified atom stereocenters. The zero-order chi connectivity index (χ0) is 23.2. The van der Waals surface area contributed by atoms with Crippen LogP contribution in [0.3, 0.4) is 0 Å². The maximum Gasteiger partial charge on any atom is 0.474 e. The van der Waals surface area contributed by atoms with E-state index >= 15 is 0 Å². The molecule has 0 saturated carbocycles. The van der Waals surface area contributed by atoms with Crippen molar-refractivity contribution in [1.29, 1.82) is 0 Å². The quantitative estimate of drug-likeness (QED) is 0.106. The van der Waals surface area contributed by atoms with Gasteiger partial charge in [0.25, 0.3) is 0 Å². The molecule has 0 rings (SSSR count). The Hall–Kier alpha value is 0.110. The summed E-state index contributed by atoms with van der Waals surface area (Å²) in [5.74, 6) is 0.602. The second kappa shape index (κ2) is 21.9. The fourth-order valence-electron chi connectivity index (χ4n) is 3.42. The van der Waals surface area contributed by atoms with Gasteiger partial charge in [-0.15, -0.1) is 0 Å². The van der Waals surface area contributed by atoms with E-state index in [-0.39, 0.29) is 0 Å². The molecule has 188 valence electrons. The van der Waals surface area contributed by atoms with Crippen LogP contribution in [0.2, 0.25) is 0 Å². The third-order valence-corrected chi connectivity index (χ3v) is 6.81.